The molecule has 3 aromatic rings. The molecule has 7 nitrogen and oxygen atoms in total. The number of methoxy groups -OCH3 is 2. The molecule has 3 aliphatic rings. The number of rotatable bonds is 4. The molecule has 2 aliphatic carbocycles. The molecule has 2 heterocycles. The quantitative estimate of drug-likeness (QED) is 0.463. The summed E-state index contributed by atoms with van der Waals surface area (Å²) in [5.41, 5.74) is 1.49. The van der Waals surface area contributed by atoms with Crippen LogP contribution in [0.4, 0.5) is 5.95 Å². The molecule has 0 saturated heterocycles. The summed E-state index contributed by atoms with van der Waals surface area (Å²) in [6, 6.07) is 15.5. The summed E-state index contributed by atoms with van der Waals surface area (Å²) in [5, 5.41) is 5.15. The third-order valence-corrected chi connectivity index (χ3v) is 8.58. The van der Waals surface area contributed by atoms with E-state index in [2.05, 4.69) is 4.68 Å². The number of hydrogen-bond acceptors (Lipinski definition) is 5. The molecule has 1 aromatic heterocycles. The van der Waals surface area contributed by atoms with E-state index in [1.54, 1.807) is 14.2 Å². The van der Waals surface area contributed by atoms with Crippen LogP contribution in [0.3, 0.4) is 0 Å². The van der Waals surface area contributed by atoms with Crippen molar-refractivity contribution in [1.82, 2.24) is 14.8 Å². The summed E-state index contributed by atoms with van der Waals surface area (Å²) in [6.45, 7) is 0. The SMILES string of the molecule is COc1ccc(-c2nc3n(n2)C2(CCCCC2)[C@@H]2CCCC[C@@H]2N3C(=O)c2cccc(OC)c2)cc1. The Morgan fingerprint density at radius 1 is 0.917 bits per heavy atom. The van der Waals surface area contributed by atoms with E-state index in [9.17, 15) is 4.79 Å². The normalized spacial score (nSPS) is 22.6. The fraction of sp³-hybridized carbons (Fsp3) is 0.483. The second-order valence-corrected chi connectivity index (χ2v) is 10.4. The number of nitrogens with zero attached hydrogens (tertiary/aromatic N) is 4. The summed E-state index contributed by atoms with van der Waals surface area (Å²) in [7, 11) is 3.30. The molecule has 2 saturated carbocycles. The number of hydrogen-bond donors (Lipinski definition) is 0. The average molecular weight is 487 g/mol. The van der Waals surface area contributed by atoms with Gasteiger partial charge in [0.25, 0.3) is 5.91 Å². The highest BCUT2D eigenvalue weighted by molar-refractivity contribution is 6.06. The summed E-state index contributed by atoms with van der Waals surface area (Å²) in [5.74, 6) is 3.21. The lowest BCUT2D eigenvalue weighted by Crippen LogP contribution is -2.61. The Kier molecular flexibility index (Phi) is 5.94. The first-order valence-electron chi connectivity index (χ1n) is 13.2. The number of benzene rings is 2. The van der Waals surface area contributed by atoms with Gasteiger partial charge in [0.2, 0.25) is 5.95 Å². The van der Waals surface area contributed by atoms with Gasteiger partial charge in [0.05, 0.1) is 19.8 Å². The summed E-state index contributed by atoms with van der Waals surface area (Å²) < 4.78 is 12.9. The van der Waals surface area contributed by atoms with Gasteiger partial charge in [-0.25, -0.2) is 4.68 Å². The highest BCUT2D eigenvalue weighted by Gasteiger charge is 2.55. The molecule has 7 heteroatoms. The molecule has 188 valence electrons. The fourth-order valence-corrected chi connectivity index (χ4v) is 6.86. The lowest BCUT2D eigenvalue weighted by atomic mass is 9.64. The summed E-state index contributed by atoms with van der Waals surface area (Å²) in [4.78, 5) is 21.2. The number of ether oxygens (including phenoxy) is 2. The maximum Gasteiger partial charge on any atom is 0.261 e. The molecule has 36 heavy (non-hydrogen) atoms. The van der Waals surface area contributed by atoms with Gasteiger partial charge < -0.3 is 9.47 Å². The van der Waals surface area contributed by atoms with E-state index in [1.165, 1.54) is 25.7 Å². The predicted octanol–water partition coefficient (Wildman–Crippen LogP) is 5.84. The van der Waals surface area contributed by atoms with Crippen LogP contribution in [0.1, 0.15) is 68.1 Å². The highest BCUT2D eigenvalue weighted by Crippen LogP contribution is 2.53. The largest absolute Gasteiger partial charge is 0.497 e. The average Bonchev–Trinajstić information content (AvgIpc) is 3.40. The summed E-state index contributed by atoms with van der Waals surface area (Å²) in [6.07, 6.45) is 10.4. The maximum absolute atomic E-state index is 14.2. The van der Waals surface area contributed by atoms with E-state index in [0.29, 0.717) is 29.0 Å². The van der Waals surface area contributed by atoms with Gasteiger partial charge in [0.1, 0.15) is 11.5 Å². The molecular formula is C29H34N4O3. The van der Waals surface area contributed by atoms with Gasteiger partial charge in [-0.15, -0.1) is 5.10 Å². The Bertz CT molecular complexity index is 1250. The minimum absolute atomic E-state index is 0.0219. The Morgan fingerprint density at radius 3 is 2.42 bits per heavy atom. The topological polar surface area (TPSA) is 69.5 Å². The van der Waals surface area contributed by atoms with Crippen molar-refractivity contribution in [1.29, 1.82) is 0 Å². The predicted molar refractivity (Wildman–Crippen MR) is 139 cm³/mol. The number of aromatic nitrogens is 3. The molecular weight excluding hydrogens is 452 g/mol. The van der Waals surface area contributed by atoms with Crippen molar-refractivity contribution in [2.24, 2.45) is 5.92 Å². The van der Waals surface area contributed by atoms with E-state index in [-0.39, 0.29) is 17.5 Å². The van der Waals surface area contributed by atoms with E-state index in [0.717, 1.165) is 43.4 Å². The third-order valence-electron chi connectivity index (χ3n) is 8.58. The van der Waals surface area contributed by atoms with Gasteiger partial charge >= 0.3 is 0 Å². The van der Waals surface area contributed by atoms with Crippen LogP contribution >= 0.6 is 0 Å². The van der Waals surface area contributed by atoms with Crippen molar-refractivity contribution < 1.29 is 14.3 Å². The molecule has 0 bridgehead atoms. The molecule has 2 aromatic carbocycles. The zero-order chi connectivity index (χ0) is 24.7. The second-order valence-electron chi connectivity index (χ2n) is 10.4. The van der Waals surface area contributed by atoms with Crippen LogP contribution in [0.5, 0.6) is 11.5 Å². The monoisotopic (exact) mass is 486 g/mol. The van der Waals surface area contributed by atoms with Crippen molar-refractivity contribution in [3.05, 3.63) is 54.1 Å². The van der Waals surface area contributed by atoms with Crippen LogP contribution in [0.15, 0.2) is 48.5 Å². The number of carbonyl (C=O) groups is 1. The van der Waals surface area contributed by atoms with Crippen LogP contribution in [0.25, 0.3) is 11.4 Å². The van der Waals surface area contributed by atoms with Crippen LogP contribution in [0.2, 0.25) is 0 Å². The smallest absolute Gasteiger partial charge is 0.261 e. The lowest BCUT2D eigenvalue weighted by Gasteiger charge is -2.55. The van der Waals surface area contributed by atoms with Crippen molar-refractivity contribution in [2.75, 3.05) is 19.1 Å². The number of anilines is 1. The highest BCUT2D eigenvalue weighted by atomic mass is 16.5. The minimum atomic E-state index is -0.0679. The van der Waals surface area contributed by atoms with Gasteiger partial charge in [-0.05, 0) is 68.1 Å². The van der Waals surface area contributed by atoms with Gasteiger partial charge in [-0.1, -0.05) is 38.2 Å². The first kappa shape index (κ1) is 23.1. The van der Waals surface area contributed by atoms with E-state index >= 15 is 0 Å². The molecule has 0 unspecified atom stereocenters. The van der Waals surface area contributed by atoms with Gasteiger partial charge in [0, 0.05) is 23.1 Å². The van der Waals surface area contributed by atoms with E-state index in [1.807, 2.05) is 53.4 Å². The molecule has 0 N–H and O–H groups in total. The number of fused-ring (bicyclic) bond motifs is 4. The van der Waals surface area contributed by atoms with Crippen LogP contribution in [-0.2, 0) is 5.54 Å². The zero-order valence-corrected chi connectivity index (χ0v) is 21.2. The summed E-state index contributed by atoms with van der Waals surface area (Å²) >= 11 is 0. The van der Waals surface area contributed by atoms with Crippen molar-refractivity contribution >= 4 is 11.9 Å². The Labute approximate surface area is 212 Å². The van der Waals surface area contributed by atoms with Gasteiger partial charge in [-0.2, -0.15) is 4.98 Å². The first-order valence-corrected chi connectivity index (χ1v) is 13.2. The standard InChI is InChI=1S/C29H34N4O3/c1-35-22-15-13-20(14-16-22)26-30-28-32(27(34)21-9-8-10-23(19-21)36-2)25-12-5-4-11-24(25)29(33(28)31-26)17-6-3-7-18-29/h8-10,13-16,19,24-25H,3-7,11-12,17-18H2,1-2H3/t24-,25+/m1/s1. The lowest BCUT2D eigenvalue weighted by molar-refractivity contribution is 0.0314. The molecule has 2 fully saturated rings. The zero-order valence-electron chi connectivity index (χ0n) is 21.2. The minimum Gasteiger partial charge on any atom is -0.497 e. The molecule has 1 spiro atoms. The number of amides is 1. The van der Waals surface area contributed by atoms with Crippen molar-refractivity contribution in [3.63, 3.8) is 0 Å². The van der Waals surface area contributed by atoms with Crippen LogP contribution < -0.4 is 14.4 Å². The fourth-order valence-electron chi connectivity index (χ4n) is 6.86. The second kappa shape index (κ2) is 9.26. The molecule has 1 aliphatic heterocycles. The molecule has 6 rings (SSSR count). The van der Waals surface area contributed by atoms with E-state index in [4.69, 9.17) is 19.6 Å². The van der Waals surface area contributed by atoms with Gasteiger partial charge in [-0.3, -0.25) is 9.69 Å². The Hall–Kier alpha value is -3.35. The first-order chi connectivity index (χ1) is 17.6. The maximum atomic E-state index is 14.2. The van der Waals surface area contributed by atoms with E-state index < -0.39 is 0 Å². The molecule has 2 atom stereocenters. The number of carbonyl (C=O) groups excluding carboxylic acids is 1. The Morgan fingerprint density at radius 2 is 1.67 bits per heavy atom. The Balaban J connectivity index is 1.51. The van der Waals surface area contributed by atoms with Crippen molar-refractivity contribution in [2.45, 2.75) is 69.4 Å². The van der Waals surface area contributed by atoms with Crippen LogP contribution in [-0.4, -0.2) is 40.9 Å². The molecule has 1 amide bonds. The van der Waals surface area contributed by atoms with Crippen molar-refractivity contribution in [3.8, 4) is 22.9 Å². The third kappa shape index (κ3) is 3.67. The van der Waals surface area contributed by atoms with Gasteiger partial charge in [0.15, 0.2) is 5.82 Å². The van der Waals surface area contributed by atoms with Crippen LogP contribution in [0, 0.1) is 5.92 Å². The molecule has 0 radical (unpaired) electrons.